The van der Waals surface area contributed by atoms with Crippen molar-refractivity contribution in [3.63, 3.8) is 0 Å². The number of rotatable bonds is 1. The smallest absolute Gasteiger partial charge is 0.208 e. The summed E-state index contributed by atoms with van der Waals surface area (Å²) in [7, 11) is 0. The summed E-state index contributed by atoms with van der Waals surface area (Å²) in [6, 6.07) is 0.555. The highest BCUT2D eigenvalue weighted by Crippen LogP contribution is 2.40. The molecule has 3 aliphatic rings. The van der Waals surface area contributed by atoms with Crippen molar-refractivity contribution in [3.8, 4) is 0 Å². The molecule has 2 aliphatic carbocycles. The van der Waals surface area contributed by atoms with Crippen LogP contribution in [0.2, 0.25) is 0 Å². The summed E-state index contributed by atoms with van der Waals surface area (Å²) < 4.78 is 0. The molecule has 14 heavy (non-hydrogen) atoms. The molecule has 4 heteroatoms. The number of hydrazine groups is 1. The van der Waals surface area contributed by atoms with Crippen LogP contribution in [0.5, 0.6) is 0 Å². The Morgan fingerprint density at radius 2 is 1.79 bits per heavy atom. The first kappa shape index (κ1) is 8.53. The second-order valence-corrected chi connectivity index (χ2v) is 4.83. The minimum Gasteiger partial charge on any atom is -0.341 e. The average Bonchev–Trinajstić information content (AvgIpc) is 2.92. The van der Waals surface area contributed by atoms with E-state index in [0.29, 0.717) is 6.04 Å². The van der Waals surface area contributed by atoms with Crippen LogP contribution in [0.15, 0.2) is 4.99 Å². The van der Waals surface area contributed by atoms with Crippen LogP contribution in [0.3, 0.4) is 0 Å². The molecule has 1 aliphatic heterocycles. The van der Waals surface area contributed by atoms with E-state index >= 15 is 0 Å². The number of aliphatic imine (C=N–C) groups is 1. The van der Waals surface area contributed by atoms with Gasteiger partial charge >= 0.3 is 0 Å². The third-order valence-electron chi connectivity index (χ3n) is 3.77. The van der Waals surface area contributed by atoms with Crippen molar-refractivity contribution in [2.75, 3.05) is 13.1 Å². The van der Waals surface area contributed by atoms with Crippen LogP contribution in [0.25, 0.3) is 0 Å². The standard InChI is InChI=1S/C10H18N4/c11-13-10(12-9-3-4-9)14-5-7-1-2-8(7)6-14/h7-9H,1-6,11H2,(H,12,13). The number of hydrogen-bond donors (Lipinski definition) is 2. The SMILES string of the molecule is NNC(=NC1CC1)N1CC2CCC2C1. The Balaban J connectivity index is 1.67. The Labute approximate surface area is 84.5 Å². The molecule has 4 nitrogen and oxygen atoms in total. The van der Waals surface area contributed by atoms with Crippen molar-refractivity contribution >= 4 is 5.96 Å². The van der Waals surface area contributed by atoms with Crippen LogP contribution in [-0.2, 0) is 0 Å². The van der Waals surface area contributed by atoms with Crippen LogP contribution in [0.1, 0.15) is 25.7 Å². The Kier molecular flexibility index (Phi) is 1.90. The summed E-state index contributed by atoms with van der Waals surface area (Å²) in [5.41, 5.74) is 2.76. The number of hydrogen-bond acceptors (Lipinski definition) is 2. The summed E-state index contributed by atoms with van der Waals surface area (Å²) in [6.45, 7) is 2.33. The summed E-state index contributed by atoms with van der Waals surface area (Å²) in [5.74, 6) is 8.30. The number of likely N-dealkylation sites (tertiary alicyclic amines) is 1. The lowest BCUT2D eigenvalue weighted by molar-refractivity contribution is 0.243. The topological polar surface area (TPSA) is 53.6 Å². The maximum Gasteiger partial charge on any atom is 0.208 e. The molecule has 3 rings (SSSR count). The number of fused-ring (bicyclic) bond motifs is 1. The van der Waals surface area contributed by atoms with Crippen LogP contribution in [0.4, 0.5) is 0 Å². The van der Waals surface area contributed by atoms with Gasteiger partial charge in [-0.15, -0.1) is 0 Å². The molecule has 0 spiro atoms. The maximum absolute atomic E-state index is 5.52. The molecule has 0 bridgehead atoms. The molecular formula is C10H18N4. The van der Waals surface area contributed by atoms with Crippen molar-refractivity contribution in [2.24, 2.45) is 22.7 Å². The molecule has 78 valence electrons. The van der Waals surface area contributed by atoms with Crippen LogP contribution >= 0.6 is 0 Å². The largest absolute Gasteiger partial charge is 0.341 e. The van der Waals surface area contributed by atoms with Gasteiger partial charge in [-0.3, -0.25) is 5.43 Å². The molecule has 0 aromatic heterocycles. The highest BCUT2D eigenvalue weighted by atomic mass is 15.4. The highest BCUT2D eigenvalue weighted by Gasteiger charge is 2.40. The predicted octanol–water partition coefficient (Wildman–Crippen LogP) is 0.310. The first-order chi connectivity index (χ1) is 6.86. The zero-order valence-corrected chi connectivity index (χ0v) is 8.45. The maximum atomic E-state index is 5.52. The van der Waals surface area contributed by atoms with E-state index in [1.807, 2.05) is 0 Å². The Morgan fingerprint density at radius 3 is 2.21 bits per heavy atom. The van der Waals surface area contributed by atoms with Crippen LogP contribution < -0.4 is 11.3 Å². The first-order valence-electron chi connectivity index (χ1n) is 5.66. The van der Waals surface area contributed by atoms with Gasteiger partial charge in [0.2, 0.25) is 5.96 Å². The van der Waals surface area contributed by atoms with Gasteiger partial charge in [-0.25, -0.2) is 10.8 Å². The minimum absolute atomic E-state index is 0.555. The molecule has 2 saturated carbocycles. The molecule has 3 fully saturated rings. The van der Waals surface area contributed by atoms with Gasteiger partial charge in [0, 0.05) is 13.1 Å². The lowest BCUT2D eigenvalue weighted by Crippen LogP contribution is -2.44. The normalized spacial score (nSPS) is 36.6. The van der Waals surface area contributed by atoms with Crippen molar-refractivity contribution in [1.82, 2.24) is 10.3 Å². The third kappa shape index (κ3) is 1.38. The minimum atomic E-state index is 0.555. The van der Waals surface area contributed by atoms with Crippen molar-refractivity contribution in [2.45, 2.75) is 31.7 Å². The first-order valence-corrected chi connectivity index (χ1v) is 5.66. The fourth-order valence-electron chi connectivity index (χ4n) is 2.52. The van der Waals surface area contributed by atoms with Gasteiger partial charge in [-0.05, 0) is 37.5 Å². The fraction of sp³-hybridized carbons (Fsp3) is 0.900. The van der Waals surface area contributed by atoms with Gasteiger partial charge in [0.1, 0.15) is 0 Å². The highest BCUT2D eigenvalue weighted by molar-refractivity contribution is 5.80. The van der Waals surface area contributed by atoms with E-state index in [0.717, 1.165) is 17.8 Å². The van der Waals surface area contributed by atoms with Gasteiger partial charge in [0.05, 0.1) is 6.04 Å². The van der Waals surface area contributed by atoms with Crippen molar-refractivity contribution in [1.29, 1.82) is 0 Å². The Bertz CT molecular complexity index is 247. The van der Waals surface area contributed by atoms with Crippen molar-refractivity contribution in [3.05, 3.63) is 0 Å². The summed E-state index contributed by atoms with van der Waals surface area (Å²) in [4.78, 5) is 6.93. The molecule has 0 aromatic rings. The van der Waals surface area contributed by atoms with Gasteiger partial charge in [-0.1, -0.05) is 0 Å². The van der Waals surface area contributed by atoms with E-state index in [1.54, 1.807) is 0 Å². The third-order valence-corrected chi connectivity index (χ3v) is 3.77. The van der Waals surface area contributed by atoms with E-state index in [2.05, 4.69) is 15.3 Å². The Hall–Kier alpha value is -0.770. The Morgan fingerprint density at radius 1 is 1.14 bits per heavy atom. The second-order valence-electron chi connectivity index (χ2n) is 4.83. The van der Waals surface area contributed by atoms with E-state index in [1.165, 1.54) is 38.8 Å². The van der Waals surface area contributed by atoms with E-state index in [9.17, 15) is 0 Å². The lowest BCUT2D eigenvalue weighted by atomic mass is 9.77. The molecule has 3 N–H and O–H groups in total. The molecule has 1 saturated heterocycles. The molecule has 1 heterocycles. The number of nitrogens with two attached hydrogens (primary N) is 1. The van der Waals surface area contributed by atoms with E-state index in [4.69, 9.17) is 5.84 Å². The van der Waals surface area contributed by atoms with E-state index in [-0.39, 0.29) is 0 Å². The summed E-state index contributed by atoms with van der Waals surface area (Å²) >= 11 is 0. The fourth-order valence-corrected chi connectivity index (χ4v) is 2.52. The number of nitrogens with zero attached hydrogens (tertiary/aromatic N) is 2. The van der Waals surface area contributed by atoms with E-state index < -0.39 is 0 Å². The summed E-state index contributed by atoms with van der Waals surface area (Å²) in [6.07, 6.45) is 5.29. The zero-order valence-electron chi connectivity index (χ0n) is 8.45. The molecule has 2 atom stereocenters. The zero-order chi connectivity index (χ0) is 9.54. The average molecular weight is 194 g/mol. The molecule has 0 aromatic carbocycles. The second kappa shape index (κ2) is 3.12. The quantitative estimate of drug-likeness (QED) is 0.273. The summed E-state index contributed by atoms with van der Waals surface area (Å²) in [5, 5.41) is 0. The molecular weight excluding hydrogens is 176 g/mol. The number of nitrogens with one attached hydrogen (secondary N) is 1. The van der Waals surface area contributed by atoms with Crippen LogP contribution in [0, 0.1) is 11.8 Å². The van der Waals surface area contributed by atoms with Crippen LogP contribution in [-0.4, -0.2) is 30.0 Å². The van der Waals surface area contributed by atoms with Gasteiger partial charge in [-0.2, -0.15) is 0 Å². The lowest BCUT2D eigenvalue weighted by Gasteiger charge is -2.27. The van der Waals surface area contributed by atoms with Gasteiger partial charge < -0.3 is 4.90 Å². The number of guanidine groups is 1. The monoisotopic (exact) mass is 194 g/mol. The van der Waals surface area contributed by atoms with Crippen molar-refractivity contribution < 1.29 is 0 Å². The molecule has 0 amide bonds. The molecule has 2 unspecified atom stereocenters. The molecule has 0 radical (unpaired) electrons. The van der Waals surface area contributed by atoms with Gasteiger partial charge in [0.15, 0.2) is 0 Å². The van der Waals surface area contributed by atoms with Gasteiger partial charge in [0.25, 0.3) is 0 Å². The predicted molar refractivity (Wildman–Crippen MR) is 55.6 cm³/mol.